The fourth-order valence-electron chi connectivity index (χ4n) is 5.22. The van der Waals surface area contributed by atoms with E-state index in [0.717, 1.165) is 88.1 Å². The summed E-state index contributed by atoms with van der Waals surface area (Å²) in [5, 5.41) is 1.09. The van der Waals surface area contributed by atoms with Gasteiger partial charge in [-0.3, -0.25) is 0 Å². The van der Waals surface area contributed by atoms with Gasteiger partial charge in [0, 0.05) is 31.6 Å². The minimum absolute atomic E-state index is 0.298. The normalized spacial score (nSPS) is 22.0. The Hall–Kier alpha value is -0.232. The Balaban J connectivity index is 1.45. The van der Waals surface area contributed by atoms with E-state index in [-0.39, 0.29) is 0 Å². The van der Waals surface area contributed by atoms with Gasteiger partial charge in [-0.05, 0) is 95.4 Å². The largest absolute Gasteiger partial charge is 0.505 e. The van der Waals surface area contributed by atoms with E-state index in [2.05, 4.69) is 69.6 Å². The summed E-state index contributed by atoms with van der Waals surface area (Å²) in [5.41, 5.74) is 0. The lowest BCUT2D eigenvalue weighted by atomic mass is 10.4. The van der Waals surface area contributed by atoms with Crippen molar-refractivity contribution in [3.63, 3.8) is 0 Å². The zero-order valence-corrected chi connectivity index (χ0v) is 31.7. The smallest absolute Gasteiger partial charge is 0.413 e. The maximum atomic E-state index is 7.41. The Kier molecular flexibility index (Phi) is 13.7. The quantitative estimate of drug-likeness (QED) is 0.0721. The van der Waals surface area contributed by atoms with E-state index >= 15 is 0 Å². The summed E-state index contributed by atoms with van der Waals surface area (Å²) in [7, 11) is -9.87. The van der Waals surface area contributed by atoms with Crippen molar-refractivity contribution in [1.82, 2.24) is 0 Å². The highest BCUT2D eigenvalue weighted by atomic mass is 28.5. The molecule has 2 unspecified atom stereocenters. The molecular formula is C31H58O8Si4. The van der Waals surface area contributed by atoms with Crippen molar-refractivity contribution in [3.05, 3.63) is 30.3 Å². The van der Waals surface area contributed by atoms with Crippen molar-refractivity contribution in [2.24, 2.45) is 5.92 Å². The van der Waals surface area contributed by atoms with Crippen LogP contribution in [0.1, 0.15) is 32.1 Å². The van der Waals surface area contributed by atoms with Crippen molar-refractivity contribution < 1.29 is 36.0 Å². The van der Waals surface area contributed by atoms with Crippen LogP contribution in [-0.2, 0) is 36.0 Å². The van der Waals surface area contributed by atoms with Crippen molar-refractivity contribution >= 4 is 38.9 Å². The van der Waals surface area contributed by atoms with Gasteiger partial charge in [0.25, 0.3) is 0 Å². The molecule has 3 fully saturated rings. The third kappa shape index (κ3) is 14.4. The van der Waals surface area contributed by atoms with Crippen LogP contribution in [-0.4, -0.2) is 98.8 Å². The molecule has 0 radical (unpaired) electrons. The van der Waals surface area contributed by atoms with E-state index in [9.17, 15) is 0 Å². The Morgan fingerprint density at radius 3 is 1.37 bits per heavy atom. The number of benzene rings is 1. The molecule has 1 aromatic carbocycles. The lowest BCUT2D eigenvalue weighted by molar-refractivity contribution is 0.116. The van der Waals surface area contributed by atoms with Crippen LogP contribution in [0.5, 0.6) is 0 Å². The fourth-order valence-corrected chi connectivity index (χ4v) is 21.8. The summed E-state index contributed by atoms with van der Waals surface area (Å²) in [6, 6.07) is 13.6. The maximum absolute atomic E-state index is 7.41. The zero-order chi connectivity index (χ0) is 30.8. The van der Waals surface area contributed by atoms with Crippen LogP contribution in [0, 0.1) is 5.92 Å². The first-order valence-electron chi connectivity index (χ1n) is 16.6. The Morgan fingerprint density at radius 2 is 1.00 bits per heavy atom. The highest BCUT2D eigenvalue weighted by molar-refractivity contribution is 6.96. The molecule has 1 saturated carbocycles. The van der Waals surface area contributed by atoms with E-state index in [1.165, 1.54) is 12.8 Å². The van der Waals surface area contributed by atoms with Gasteiger partial charge in [0.2, 0.25) is 0 Å². The van der Waals surface area contributed by atoms with Crippen LogP contribution >= 0.6 is 0 Å². The van der Waals surface area contributed by atoms with Gasteiger partial charge in [0.05, 0.1) is 26.4 Å². The van der Waals surface area contributed by atoms with E-state index in [0.29, 0.717) is 25.4 Å². The second-order valence-electron chi connectivity index (χ2n) is 14.4. The molecular weight excluding hydrogens is 613 g/mol. The summed E-state index contributed by atoms with van der Waals surface area (Å²) < 4.78 is 50.5. The first kappa shape index (κ1) is 35.6. The van der Waals surface area contributed by atoms with Crippen LogP contribution < -0.4 is 5.19 Å². The number of hydrogen-bond acceptors (Lipinski definition) is 8. The van der Waals surface area contributed by atoms with E-state index < -0.39 is 33.8 Å². The molecule has 0 bridgehead atoms. The van der Waals surface area contributed by atoms with Crippen molar-refractivity contribution in [2.45, 2.75) is 102 Å². The SMILES string of the molecule is C[Si](C)(CCCOCC1CC1)O[Si](O[Si](C)(C)CCCOCC1CO1)(O[Si](C)(C)CCCOCC1CO1)c1ccccc1. The molecule has 2 heterocycles. The van der Waals surface area contributed by atoms with Crippen molar-refractivity contribution in [2.75, 3.05) is 52.9 Å². The number of ether oxygens (including phenoxy) is 5. The molecule has 0 spiro atoms. The van der Waals surface area contributed by atoms with Crippen LogP contribution in [0.2, 0.25) is 57.4 Å². The van der Waals surface area contributed by atoms with Gasteiger partial charge >= 0.3 is 8.80 Å². The third-order valence-corrected chi connectivity index (χ3v) is 23.6. The second-order valence-corrected chi connectivity index (χ2v) is 30.6. The van der Waals surface area contributed by atoms with Crippen LogP contribution in [0.3, 0.4) is 0 Å². The minimum Gasteiger partial charge on any atom is -0.413 e. The third-order valence-electron chi connectivity index (χ3n) is 8.02. The standard InChI is InChI=1S/C31H58O8Si4/c1-40(2,20-10-17-32-23-28-15-16-28)37-43(31-13-8-7-9-14-31,38-41(3,4)21-11-18-33-24-29-26-35-29)39-42(5,6)22-12-19-34-25-30-27-36-30/h7-9,13-14,28-30H,10-12,15-27H2,1-6H3. The molecule has 1 aromatic rings. The topological polar surface area (TPSA) is 80.4 Å². The zero-order valence-electron chi connectivity index (χ0n) is 27.7. The molecule has 0 N–H and O–H groups in total. The molecule has 246 valence electrons. The lowest BCUT2D eigenvalue weighted by Crippen LogP contribution is -2.68. The van der Waals surface area contributed by atoms with Gasteiger partial charge in [-0.2, -0.15) is 0 Å². The van der Waals surface area contributed by atoms with Crippen molar-refractivity contribution in [1.29, 1.82) is 0 Å². The van der Waals surface area contributed by atoms with Gasteiger partial charge in [0.15, 0.2) is 25.0 Å². The number of hydrogen-bond donors (Lipinski definition) is 0. The van der Waals surface area contributed by atoms with Crippen LogP contribution in [0.25, 0.3) is 0 Å². The van der Waals surface area contributed by atoms with E-state index in [1.54, 1.807) is 0 Å². The summed E-state index contributed by atoms with van der Waals surface area (Å²) in [6.45, 7) is 20.1. The molecule has 0 aromatic heterocycles. The molecule has 1 aliphatic carbocycles. The molecule has 43 heavy (non-hydrogen) atoms. The Labute approximate surface area is 265 Å². The molecule has 2 saturated heterocycles. The maximum Gasteiger partial charge on any atom is 0.505 e. The number of epoxide rings is 2. The predicted molar refractivity (Wildman–Crippen MR) is 180 cm³/mol. The molecule has 8 nitrogen and oxygen atoms in total. The molecule has 3 aliphatic rings. The first-order chi connectivity index (χ1) is 20.5. The van der Waals surface area contributed by atoms with E-state index in [4.69, 9.17) is 36.0 Å². The minimum atomic E-state index is -3.28. The van der Waals surface area contributed by atoms with Gasteiger partial charge < -0.3 is 36.0 Å². The van der Waals surface area contributed by atoms with Crippen molar-refractivity contribution in [3.8, 4) is 0 Å². The van der Waals surface area contributed by atoms with Gasteiger partial charge in [-0.15, -0.1) is 0 Å². The highest BCUT2D eigenvalue weighted by Gasteiger charge is 2.54. The predicted octanol–water partition coefficient (Wildman–Crippen LogP) is 5.93. The number of rotatable bonds is 25. The molecule has 0 amide bonds. The highest BCUT2D eigenvalue weighted by Crippen LogP contribution is 2.32. The molecule has 12 heteroatoms. The molecule has 2 aliphatic heterocycles. The first-order valence-corrected chi connectivity index (χ1v) is 27.7. The summed E-state index contributed by atoms with van der Waals surface area (Å²) in [6.07, 6.45) is 6.19. The summed E-state index contributed by atoms with van der Waals surface area (Å²) in [5.74, 6) is 0.792. The molecule has 2 atom stereocenters. The Morgan fingerprint density at radius 1 is 0.605 bits per heavy atom. The second kappa shape index (κ2) is 16.5. The monoisotopic (exact) mass is 670 g/mol. The summed E-state index contributed by atoms with van der Waals surface area (Å²) >= 11 is 0. The summed E-state index contributed by atoms with van der Waals surface area (Å²) in [4.78, 5) is 0. The van der Waals surface area contributed by atoms with Crippen LogP contribution in [0.15, 0.2) is 30.3 Å². The van der Waals surface area contributed by atoms with Crippen LogP contribution in [0.4, 0.5) is 0 Å². The average molecular weight is 671 g/mol. The fraction of sp³-hybridized carbons (Fsp3) is 0.806. The van der Waals surface area contributed by atoms with Gasteiger partial charge in [-0.1, -0.05) is 30.3 Å². The molecule has 4 rings (SSSR count). The van der Waals surface area contributed by atoms with E-state index in [1.807, 2.05) is 0 Å². The Bertz CT molecular complexity index is 851. The average Bonchev–Trinajstić information content (AvgIpc) is 3.78. The van der Waals surface area contributed by atoms with Gasteiger partial charge in [-0.25, -0.2) is 0 Å². The van der Waals surface area contributed by atoms with Gasteiger partial charge in [0.1, 0.15) is 12.2 Å². The lowest BCUT2D eigenvalue weighted by Gasteiger charge is -2.45.